The summed E-state index contributed by atoms with van der Waals surface area (Å²) in [7, 11) is 0. The smallest absolute Gasteiger partial charge is 0.408 e. The zero-order valence-electron chi connectivity index (χ0n) is 24.4. The molecule has 40 heavy (non-hydrogen) atoms. The number of carbonyl (C=O) groups excluding carboxylic acids is 3. The summed E-state index contributed by atoms with van der Waals surface area (Å²) in [6, 6.07) is 19.4. The molecule has 0 saturated heterocycles. The number of hydrogen-bond donors (Lipinski definition) is 2. The third kappa shape index (κ3) is 7.86. The van der Waals surface area contributed by atoms with Gasteiger partial charge in [-0.2, -0.15) is 0 Å². The number of benzene rings is 3. The number of ether oxygens (including phenoxy) is 1. The molecule has 0 spiro atoms. The number of nitrogens with one attached hydrogen (secondary N) is 2. The van der Waals surface area contributed by atoms with Gasteiger partial charge in [-0.3, -0.25) is 14.5 Å². The van der Waals surface area contributed by atoms with Crippen LogP contribution in [0.2, 0.25) is 0 Å². The second kappa shape index (κ2) is 12.7. The predicted octanol–water partition coefficient (Wildman–Crippen LogP) is 6.50. The molecule has 0 bridgehead atoms. The molecule has 7 nitrogen and oxygen atoms in total. The van der Waals surface area contributed by atoms with Gasteiger partial charge in [0.25, 0.3) is 11.8 Å². The van der Waals surface area contributed by atoms with Gasteiger partial charge >= 0.3 is 6.09 Å². The summed E-state index contributed by atoms with van der Waals surface area (Å²) in [6.45, 7) is 12.9. The Hall–Kier alpha value is -4.31. The summed E-state index contributed by atoms with van der Waals surface area (Å²) < 4.78 is 5.40. The summed E-state index contributed by atoms with van der Waals surface area (Å²) in [5, 5.41) is 7.64. The average Bonchev–Trinajstić information content (AvgIpc) is 2.85. The third-order valence-electron chi connectivity index (χ3n) is 6.32. The van der Waals surface area contributed by atoms with E-state index in [0.29, 0.717) is 17.7 Å². The molecule has 3 aromatic carbocycles. The average molecular weight is 542 g/mol. The monoisotopic (exact) mass is 541 g/mol. The number of carbonyl (C=O) groups is 3. The molecule has 0 radical (unpaired) electrons. The fraction of sp³-hybridized carbons (Fsp3) is 0.364. The molecule has 3 aromatic rings. The van der Waals surface area contributed by atoms with Gasteiger partial charge in [0.05, 0.1) is 0 Å². The molecule has 0 aliphatic heterocycles. The van der Waals surface area contributed by atoms with E-state index >= 15 is 0 Å². The SMILES string of the molecule is C#CN(C(=O)C(CC(C)C)NC(=O)OC(C)(C)C)C(C(=O)Nc1ccc2ccccc2c1)c1ccc(C)cc1C. The first-order valence-corrected chi connectivity index (χ1v) is 13.4. The van der Waals surface area contributed by atoms with E-state index in [1.165, 1.54) is 0 Å². The van der Waals surface area contributed by atoms with Crippen molar-refractivity contribution in [2.24, 2.45) is 5.92 Å². The van der Waals surface area contributed by atoms with Crippen LogP contribution in [0.25, 0.3) is 10.8 Å². The molecule has 2 N–H and O–H groups in total. The molecule has 0 aromatic heterocycles. The van der Waals surface area contributed by atoms with Crippen molar-refractivity contribution in [3.8, 4) is 12.5 Å². The Labute approximate surface area is 237 Å². The Morgan fingerprint density at radius 1 is 0.975 bits per heavy atom. The molecule has 2 atom stereocenters. The zero-order chi connectivity index (χ0) is 29.6. The Bertz CT molecular complexity index is 1430. The van der Waals surface area contributed by atoms with E-state index in [9.17, 15) is 14.4 Å². The molecule has 0 aliphatic carbocycles. The Kier molecular flexibility index (Phi) is 9.60. The minimum atomic E-state index is -1.14. The van der Waals surface area contributed by atoms with Crippen LogP contribution < -0.4 is 10.6 Å². The maximum atomic E-state index is 14.0. The lowest BCUT2D eigenvalue weighted by atomic mass is 9.95. The van der Waals surface area contributed by atoms with E-state index in [1.54, 1.807) is 20.8 Å². The van der Waals surface area contributed by atoms with E-state index in [2.05, 4.69) is 16.7 Å². The predicted molar refractivity (Wildman–Crippen MR) is 160 cm³/mol. The van der Waals surface area contributed by atoms with Crippen LogP contribution in [-0.2, 0) is 14.3 Å². The second-order valence-corrected chi connectivity index (χ2v) is 11.5. The van der Waals surface area contributed by atoms with Gasteiger partial charge < -0.3 is 15.4 Å². The first kappa shape index (κ1) is 30.2. The first-order chi connectivity index (χ1) is 18.8. The molecule has 2 unspecified atom stereocenters. The van der Waals surface area contributed by atoms with Crippen molar-refractivity contribution in [1.29, 1.82) is 0 Å². The zero-order valence-corrected chi connectivity index (χ0v) is 24.4. The largest absolute Gasteiger partial charge is 0.444 e. The third-order valence-corrected chi connectivity index (χ3v) is 6.32. The maximum Gasteiger partial charge on any atom is 0.408 e. The molecule has 0 saturated carbocycles. The van der Waals surface area contributed by atoms with E-state index in [-0.39, 0.29) is 5.92 Å². The van der Waals surface area contributed by atoms with Crippen LogP contribution in [0.15, 0.2) is 60.7 Å². The highest BCUT2D eigenvalue weighted by molar-refractivity contribution is 6.01. The first-order valence-electron chi connectivity index (χ1n) is 13.4. The van der Waals surface area contributed by atoms with Gasteiger partial charge in [-0.15, -0.1) is 0 Å². The Balaban J connectivity index is 2.01. The fourth-order valence-corrected chi connectivity index (χ4v) is 4.58. The van der Waals surface area contributed by atoms with Gasteiger partial charge in [-0.25, -0.2) is 4.79 Å². The van der Waals surface area contributed by atoms with E-state index in [0.717, 1.165) is 26.8 Å². The van der Waals surface area contributed by atoms with E-state index in [1.807, 2.05) is 88.4 Å². The summed E-state index contributed by atoms with van der Waals surface area (Å²) in [5.41, 5.74) is 2.25. The molecule has 0 aliphatic rings. The minimum absolute atomic E-state index is 0.0505. The molecule has 0 heterocycles. The van der Waals surface area contributed by atoms with Crippen LogP contribution in [0.1, 0.15) is 63.8 Å². The fourth-order valence-electron chi connectivity index (χ4n) is 4.58. The maximum absolute atomic E-state index is 14.0. The topological polar surface area (TPSA) is 87.7 Å². The van der Waals surface area contributed by atoms with Crippen molar-refractivity contribution >= 4 is 34.4 Å². The number of terminal acetylenes is 1. The van der Waals surface area contributed by atoms with Crippen LogP contribution in [0, 0.1) is 32.2 Å². The summed E-state index contributed by atoms with van der Waals surface area (Å²) >= 11 is 0. The number of rotatable bonds is 8. The standard InChI is InChI=1S/C33H39N3O4/c1-9-36(31(38)28(18-21(2)3)35-32(39)40-33(6,7)8)29(27-17-14-22(4)19-23(27)5)30(37)34-26-16-15-24-12-10-11-13-25(24)20-26/h1,10-17,19-21,28-29H,18H2,2-8H3,(H,34,37)(H,35,39). The minimum Gasteiger partial charge on any atom is -0.444 e. The lowest BCUT2D eigenvalue weighted by molar-refractivity contribution is -0.137. The van der Waals surface area contributed by atoms with Crippen LogP contribution >= 0.6 is 0 Å². The van der Waals surface area contributed by atoms with E-state index < -0.39 is 35.6 Å². The van der Waals surface area contributed by atoms with Gasteiger partial charge in [-0.05, 0) is 81.0 Å². The van der Waals surface area contributed by atoms with Crippen LogP contribution in [0.3, 0.4) is 0 Å². The normalized spacial score (nSPS) is 12.8. The van der Waals surface area contributed by atoms with Crippen LogP contribution in [-0.4, -0.2) is 34.5 Å². The molecule has 7 heteroatoms. The van der Waals surface area contributed by atoms with Crippen molar-refractivity contribution in [2.75, 3.05) is 5.32 Å². The quantitative estimate of drug-likeness (QED) is 0.252. The lowest BCUT2D eigenvalue weighted by Gasteiger charge is -2.31. The molecule has 3 rings (SSSR count). The van der Waals surface area contributed by atoms with Crippen LogP contribution in [0.4, 0.5) is 10.5 Å². The second-order valence-electron chi connectivity index (χ2n) is 11.5. The van der Waals surface area contributed by atoms with Gasteiger partial charge in [-0.1, -0.05) is 74.4 Å². The van der Waals surface area contributed by atoms with Crippen molar-refractivity contribution in [3.05, 3.63) is 77.4 Å². The summed E-state index contributed by atoms with van der Waals surface area (Å²) in [5.74, 6) is -0.982. The molecule has 0 fully saturated rings. The summed E-state index contributed by atoms with van der Waals surface area (Å²) in [4.78, 5) is 41.6. The van der Waals surface area contributed by atoms with Crippen molar-refractivity contribution in [3.63, 3.8) is 0 Å². The van der Waals surface area contributed by atoms with Gasteiger partial charge in [0.2, 0.25) is 0 Å². The van der Waals surface area contributed by atoms with Crippen molar-refractivity contribution in [2.45, 2.75) is 72.6 Å². The molecule has 3 amide bonds. The highest BCUT2D eigenvalue weighted by atomic mass is 16.6. The van der Waals surface area contributed by atoms with Crippen molar-refractivity contribution < 1.29 is 19.1 Å². The number of fused-ring (bicyclic) bond motifs is 1. The van der Waals surface area contributed by atoms with Crippen LogP contribution in [0.5, 0.6) is 0 Å². The van der Waals surface area contributed by atoms with Crippen molar-refractivity contribution in [1.82, 2.24) is 10.2 Å². The lowest BCUT2D eigenvalue weighted by Crippen LogP contribution is -2.51. The highest BCUT2D eigenvalue weighted by Gasteiger charge is 2.37. The number of alkyl carbamates (subject to hydrolysis) is 1. The molecular formula is C33H39N3O4. The van der Waals surface area contributed by atoms with Gasteiger partial charge in [0, 0.05) is 11.7 Å². The number of aryl methyl sites for hydroxylation is 2. The van der Waals surface area contributed by atoms with Gasteiger partial charge in [0.1, 0.15) is 17.7 Å². The Morgan fingerprint density at radius 3 is 2.25 bits per heavy atom. The van der Waals surface area contributed by atoms with E-state index in [4.69, 9.17) is 11.2 Å². The number of anilines is 1. The van der Waals surface area contributed by atoms with Gasteiger partial charge in [0.15, 0.2) is 0 Å². The highest BCUT2D eigenvalue weighted by Crippen LogP contribution is 2.29. The number of nitrogens with zero attached hydrogens (tertiary/aromatic N) is 1. The number of amides is 3. The Morgan fingerprint density at radius 2 is 1.65 bits per heavy atom. The molecule has 210 valence electrons. The number of hydrogen-bond acceptors (Lipinski definition) is 4. The molecular weight excluding hydrogens is 502 g/mol. The summed E-state index contributed by atoms with van der Waals surface area (Å²) in [6.07, 6.45) is 5.51.